The van der Waals surface area contributed by atoms with Gasteiger partial charge in [-0.05, 0) is 58.9 Å². The van der Waals surface area contributed by atoms with Crippen LogP contribution in [0.3, 0.4) is 0 Å². The number of nitrogens with zero attached hydrogens (tertiary/aromatic N) is 1. The minimum absolute atomic E-state index is 0.244. The van der Waals surface area contributed by atoms with Gasteiger partial charge in [0.05, 0.1) is 12.6 Å². The van der Waals surface area contributed by atoms with Crippen molar-refractivity contribution >= 4 is 34.4 Å². The summed E-state index contributed by atoms with van der Waals surface area (Å²) in [6, 6.07) is 11.0. The van der Waals surface area contributed by atoms with Crippen LogP contribution in [-0.4, -0.2) is 29.5 Å². The van der Waals surface area contributed by atoms with Gasteiger partial charge in [0.1, 0.15) is 5.75 Å². The highest BCUT2D eigenvalue weighted by molar-refractivity contribution is 14.1. The molecule has 0 fully saturated rings. The molecule has 0 unspecified atom stereocenters. The number of hydrazine groups is 1. The molecule has 28 heavy (non-hydrogen) atoms. The van der Waals surface area contributed by atoms with Crippen molar-refractivity contribution < 1.29 is 14.3 Å². The first-order valence-electron chi connectivity index (χ1n) is 9.04. The zero-order valence-electron chi connectivity index (χ0n) is 17.2. The van der Waals surface area contributed by atoms with Gasteiger partial charge < -0.3 is 4.74 Å². The van der Waals surface area contributed by atoms with E-state index < -0.39 is 5.54 Å². The number of hydrogen-bond acceptors (Lipinski definition) is 3. The zero-order valence-corrected chi connectivity index (χ0v) is 19.4. The van der Waals surface area contributed by atoms with Gasteiger partial charge in [0.15, 0.2) is 0 Å². The zero-order chi connectivity index (χ0) is 21.1. The second-order valence-electron chi connectivity index (χ2n) is 7.75. The Morgan fingerprint density at radius 1 is 1.11 bits per heavy atom. The topological polar surface area (TPSA) is 58.6 Å². The fraction of sp³-hybridized carbons (Fsp3) is 0.364. The molecule has 0 saturated carbocycles. The number of carbonyl (C=O) groups excluding carboxylic acids is 2. The molecule has 6 heteroatoms. The molecule has 2 amide bonds. The number of alkyl halides is 1. The third kappa shape index (κ3) is 5.04. The molecule has 1 N–H and O–H groups in total. The molecule has 0 aromatic heterocycles. The largest absolute Gasteiger partial charge is 0.496 e. The lowest BCUT2D eigenvalue weighted by atomic mass is 10.0. The van der Waals surface area contributed by atoms with E-state index in [1.165, 1.54) is 5.01 Å². The Kier molecular flexibility index (Phi) is 7.09. The van der Waals surface area contributed by atoms with E-state index in [0.717, 1.165) is 16.7 Å². The molecule has 0 aliphatic rings. The molecular weight excluding hydrogens is 467 g/mol. The van der Waals surface area contributed by atoms with E-state index >= 15 is 0 Å². The molecule has 5 nitrogen and oxygen atoms in total. The van der Waals surface area contributed by atoms with E-state index in [-0.39, 0.29) is 11.8 Å². The second kappa shape index (κ2) is 8.94. The first-order valence-corrected chi connectivity index (χ1v) is 10.6. The maximum absolute atomic E-state index is 13.2. The van der Waals surface area contributed by atoms with Crippen molar-refractivity contribution in [3.05, 3.63) is 64.2 Å². The highest BCUT2D eigenvalue weighted by Gasteiger charge is 2.30. The highest BCUT2D eigenvalue weighted by Crippen LogP contribution is 2.26. The summed E-state index contributed by atoms with van der Waals surface area (Å²) in [6.45, 7) is 9.56. The number of aryl methyl sites for hydroxylation is 2. The van der Waals surface area contributed by atoms with Gasteiger partial charge in [-0.25, -0.2) is 5.01 Å². The summed E-state index contributed by atoms with van der Waals surface area (Å²) >= 11 is 2.20. The lowest BCUT2D eigenvalue weighted by Crippen LogP contribution is -2.56. The SMILES string of the molecule is COc1cccc(C(=O)NN(C(=O)c2cc(C)cc(C)c2)C(C)(C)C)c1CI. The van der Waals surface area contributed by atoms with Gasteiger partial charge in [-0.15, -0.1) is 0 Å². The monoisotopic (exact) mass is 494 g/mol. The third-order valence-corrected chi connectivity index (χ3v) is 5.05. The van der Waals surface area contributed by atoms with Crippen LogP contribution in [0, 0.1) is 13.8 Å². The molecule has 2 aromatic carbocycles. The normalized spacial score (nSPS) is 11.1. The van der Waals surface area contributed by atoms with Crippen molar-refractivity contribution in [2.75, 3.05) is 7.11 Å². The highest BCUT2D eigenvalue weighted by atomic mass is 127. The maximum Gasteiger partial charge on any atom is 0.272 e. The van der Waals surface area contributed by atoms with E-state index in [4.69, 9.17) is 4.74 Å². The number of amides is 2. The van der Waals surface area contributed by atoms with Crippen LogP contribution in [0.2, 0.25) is 0 Å². The van der Waals surface area contributed by atoms with Gasteiger partial charge in [0.2, 0.25) is 0 Å². The van der Waals surface area contributed by atoms with Crippen LogP contribution in [0.4, 0.5) is 0 Å². The van der Waals surface area contributed by atoms with Crippen LogP contribution < -0.4 is 10.2 Å². The number of halogens is 1. The molecule has 2 rings (SSSR count). The first kappa shape index (κ1) is 22.2. The van der Waals surface area contributed by atoms with Crippen LogP contribution >= 0.6 is 22.6 Å². The van der Waals surface area contributed by atoms with Gasteiger partial charge in [-0.1, -0.05) is 45.9 Å². The van der Waals surface area contributed by atoms with Crippen molar-refractivity contribution in [2.45, 2.75) is 44.6 Å². The summed E-state index contributed by atoms with van der Waals surface area (Å²) in [5.74, 6) is 0.0785. The summed E-state index contributed by atoms with van der Waals surface area (Å²) in [4.78, 5) is 26.3. The van der Waals surface area contributed by atoms with E-state index in [0.29, 0.717) is 21.3 Å². The fourth-order valence-corrected chi connectivity index (χ4v) is 3.81. The predicted molar refractivity (Wildman–Crippen MR) is 120 cm³/mol. The smallest absolute Gasteiger partial charge is 0.272 e. The fourth-order valence-electron chi connectivity index (χ4n) is 3.02. The summed E-state index contributed by atoms with van der Waals surface area (Å²) < 4.78 is 5.99. The summed E-state index contributed by atoms with van der Waals surface area (Å²) in [7, 11) is 1.58. The van der Waals surface area contributed by atoms with Crippen molar-refractivity contribution in [2.24, 2.45) is 0 Å². The Labute approximate surface area is 180 Å². The predicted octanol–water partition coefficient (Wildman–Crippen LogP) is 4.83. The number of hydrogen-bond donors (Lipinski definition) is 1. The number of rotatable bonds is 4. The molecule has 0 radical (unpaired) electrons. The molecular formula is C22H27IN2O3. The molecule has 0 bridgehead atoms. The average molecular weight is 494 g/mol. The number of nitrogens with one attached hydrogen (secondary N) is 1. The number of methoxy groups -OCH3 is 1. The van der Waals surface area contributed by atoms with Crippen LogP contribution in [0.5, 0.6) is 5.75 Å². The molecule has 150 valence electrons. The molecule has 0 heterocycles. The van der Waals surface area contributed by atoms with Gasteiger partial charge in [0.25, 0.3) is 11.8 Å². The Morgan fingerprint density at radius 3 is 2.21 bits per heavy atom. The summed E-state index contributed by atoms with van der Waals surface area (Å²) in [5, 5.41) is 1.40. The molecule has 2 aromatic rings. The molecule has 0 spiro atoms. The average Bonchev–Trinajstić information content (AvgIpc) is 2.62. The van der Waals surface area contributed by atoms with Crippen molar-refractivity contribution in [3.63, 3.8) is 0 Å². The lowest BCUT2D eigenvalue weighted by Gasteiger charge is -2.35. The van der Waals surface area contributed by atoms with Crippen LogP contribution in [0.25, 0.3) is 0 Å². The van der Waals surface area contributed by atoms with Crippen LogP contribution in [0.15, 0.2) is 36.4 Å². The van der Waals surface area contributed by atoms with Crippen molar-refractivity contribution in [1.29, 1.82) is 0 Å². The van der Waals surface area contributed by atoms with Crippen molar-refractivity contribution in [1.82, 2.24) is 10.4 Å². The number of carbonyl (C=O) groups is 2. The standard InChI is InChI=1S/C22H27IN2O3/c1-14-10-15(2)12-16(11-14)21(27)25(22(3,4)5)24-20(26)17-8-7-9-19(28-6)18(17)13-23/h7-12H,13H2,1-6H3,(H,24,26). The van der Waals surface area contributed by atoms with Gasteiger partial charge in [-0.2, -0.15) is 0 Å². The molecule has 0 atom stereocenters. The maximum atomic E-state index is 13.2. The van der Waals surface area contributed by atoms with Crippen LogP contribution in [-0.2, 0) is 4.43 Å². The quantitative estimate of drug-likeness (QED) is 0.376. The summed E-state index contributed by atoms with van der Waals surface area (Å²) in [5.41, 5.74) is 6.07. The van der Waals surface area contributed by atoms with Crippen molar-refractivity contribution in [3.8, 4) is 5.75 Å². The van der Waals surface area contributed by atoms with E-state index in [1.807, 2.05) is 58.9 Å². The number of benzene rings is 2. The summed E-state index contributed by atoms with van der Waals surface area (Å²) in [6.07, 6.45) is 0. The Balaban J connectivity index is 2.41. The Bertz CT molecular complexity index is 868. The third-order valence-electron chi connectivity index (χ3n) is 4.29. The van der Waals surface area contributed by atoms with Crippen LogP contribution in [0.1, 0.15) is 58.2 Å². The lowest BCUT2D eigenvalue weighted by molar-refractivity contribution is 0.0358. The van der Waals surface area contributed by atoms with E-state index in [2.05, 4.69) is 28.0 Å². The minimum atomic E-state index is -0.603. The van der Waals surface area contributed by atoms with Gasteiger partial charge in [0, 0.05) is 21.1 Å². The van der Waals surface area contributed by atoms with E-state index in [1.54, 1.807) is 19.2 Å². The van der Waals surface area contributed by atoms with Gasteiger partial charge >= 0.3 is 0 Å². The Hall–Kier alpha value is -2.09. The first-order chi connectivity index (χ1) is 13.1. The molecule has 0 saturated heterocycles. The van der Waals surface area contributed by atoms with E-state index in [9.17, 15) is 9.59 Å². The Morgan fingerprint density at radius 2 is 1.71 bits per heavy atom. The molecule has 0 aliphatic heterocycles. The second-order valence-corrected chi connectivity index (χ2v) is 8.51. The molecule has 0 aliphatic carbocycles. The van der Waals surface area contributed by atoms with Gasteiger partial charge in [-0.3, -0.25) is 15.0 Å². The minimum Gasteiger partial charge on any atom is -0.496 e. The number of ether oxygens (including phenoxy) is 1.